The first-order valence-corrected chi connectivity index (χ1v) is 7.22. The van der Waals surface area contributed by atoms with Gasteiger partial charge in [-0.1, -0.05) is 46.3 Å². The Morgan fingerprint density at radius 2 is 1.75 bits per heavy atom. The fourth-order valence-corrected chi connectivity index (χ4v) is 2.89. The van der Waals surface area contributed by atoms with Crippen LogP contribution in [0.15, 0.2) is 30.3 Å². The van der Waals surface area contributed by atoms with Crippen molar-refractivity contribution in [3.8, 4) is 0 Å². The molecule has 0 aliphatic heterocycles. The topological polar surface area (TPSA) is 9.23 Å². The summed E-state index contributed by atoms with van der Waals surface area (Å²) in [5.41, 5.74) is 1.28. The largest absolute Gasteiger partial charge is 0.374 e. The van der Waals surface area contributed by atoms with E-state index < -0.39 is 0 Å². The molecule has 0 unspecified atom stereocenters. The van der Waals surface area contributed by atoms with Gasteiger partial charge in [0.15, 0.2) is 0 Å². The van der Waals surface area contributed by atoms with E-state index in [4.69, 9.17) is 4.74 Å². The zero-order valence-corrected chi connectivity index (χ0v) is 11.2. The van der Waals surface area contributed by atoms with Crippen molar-refractivity contribution in [2.24, 2.45) is 5.92 Å². The Kier molecular flexibility index (Phi) is 4.86. The molecule has 1 aliphatic carbocycles. The van der Waals surface area contributed by atoms with Gasteiger partial charge in [-0.25, -0.2) is 0 Å². The highest BCUT2D eigenvalue weighted by Gasteiger charge is 2.20. The van der Waals surface area contributed by atoms with Crippen molar-refractivity contribution in [2.45, 2.75) is 38.4 Å². The summed E-state index contributed by atoms with van der Waals surface area (Å²) in [5.74, 6) is 0.872. The molecule has 1 nitrogen and oxygen atoms in total. The van der Waals surface area contributed by atoms with Gasteiger partial charge in [-0.15, -0.1) is 0 Å². The second-order valence-electron chi connectivity index (χ2n) is 4.59. The Balaban J connectivity index is 1.72. The van der Waals surface area contributed by atoms with Crippen molar-refractivity contribution < 1.29 is 4.74 Å². The number of ether oxygens (including phenoxy) is 1. The van der Waals surface area contributed by atoms with Crippen LogP contribution in [0.2, 0.25) is 0 Å². The van der Waals surface area contributed by atoms with Crippen LogP contribution in [-0.4, -0.2) is 11.4 Å². The molecule has 16 heavy (non-hydrogen) atoms. The maximum absolute atomic E-state index is 5.95. The molecule has 0 radical (unpaired) electrons. The van der Waals surface area contributed by atoms with Crippen molar-refractivity contribution in [1.29, 1.82) is 0 Å². The van der Waals surface area contributed by atoms with Crippen molar-refractivity contribution >= 4 is 15.9 Å². The maximum atomic E-state index is 5.95. The van der Waals surface area contributed by atoms with Gasteiger partial charge in [0.05, 0.1) is 12.7 Å². The smallest absolute Gasteiger partial charge is 0.0720 e. The van der Waals surface area contributed by atoms with Gasteiger partial charge >= 0.3 is 0 Å². The van der Waals surface area contributed by atoms with Crippen LogP contribution in [0.3, 0.4) is 0 Å². The van der Waals surface area contributed by atoms with Gasteiger partial charge in [0.2, 0.25) is 0 Å². The normalized spacial score (nSPS) is 25.6. The molecule has 1 fully saturated rings. The molecular weight excluding hydrogens is 264 g/mol. The van der Waals surface area contributed by atoms with Crippen LogP contribution in [0.1, 0.15) is 31.2 Å². The minimum atomic E-state index is 0.482. The predicted molar refractivity (Wildman–Crippen MR) is 70.8 cm³/mol. The Morgan fingerprint density at radius 1 is 1.06 bits per heavy atom. The Labute approximate surface area is 106 Å². The number of halogens is 1. The van der Waals surface area contributed by atoms with Crippen molar-refractivity contribution in [1.82, 2.24) is 0 Å². The van der Waals surface area contributed by atoms with Crippen LogP contribution in [-0.2, 0) is 11.3 Å². The highest BCUT2D eigenvalue weighted by Crippen LogP contribution is 2.27. The predicted octanol–water partition coefficient (Wildman–Crippen LogP) is 4.16. The third kappa shape index (κ3) is 3.60. The molecule has 0 saturated heterocycles. The van der Waals surface area contributed by atoms with Crippen LogP contribution < -0.4 is 0 Å². The van der Waals surface area contributed by atoms with Gasteiger partial charge in [0.1, 0.15) is 0 Å². The lowest BCUT2D eigenvalue weighted by atomic mass is 9.89. The van der Waals surface area contributed by atoms with E-state index in [1.54, 1.807) is 0 Å². The molecule has 0 bridgehead atoms. The number of hydrogen-bond acceptors (Lipinski definition) is 1. The average molecular weight is 283 g/mol. The third-order valence-corrected chi connectivity index (χ3v) is 4.26. The van der Waals surface area contributed by atoms with Crippen molar-refractivity contribution in [3.63, 3.8) is 0 Å². The summed E-state index contributed by atoms with van der Waals surface area (Å²) in [5, 5.41) is 1.15. The van der Waals surface area contributed by atoms with Gasteiger partial charge in [-0.3, -0.25) is 0 Å². The maximum Gasteiger partial charge on any atom is 0.0720 e. The average Bonchev–Trinajstić information content (AvgIpc) is 2.38. The lowest BCUT2D eigenvalue weighted by Gasteiger charge is -2.27. The summed E-state index contributed by atoms with van der Waals surface area (Å²) < 4.78 is 5.95. The van der Waals surface area contributed by atoms with E-state index in [9.17, 15) is 0 Å². The number of benzene rings is 1. The van der Waals surface area contributed by atoms with Crippen LogP contribution in [0.4, 0.5) is 0 Å². The summed E-state index contributed by atoms with van der Waals surface area (Å²) in [4.78, 5) is 0. The minimum Gasteiger partial charge on any atom is -0.374 e. The monoisotopic (exact) mass is 282 g/mol. The first-order valence-electron chi connectivity index (χ1n) is 6.10. The molecule has 0 aromatic heterocycles. The van der Waals surface area contributed by atoms with Crippen molar-refractivity contribution in [2.75, 3.05) is 5.33 Å². The number of alkyl halides is 1. The Morgan fingerprint density at radius 3 is 2.38 bits per heavy atom. The fraction of sp³-hybridized carbons (Fsp3) is 0.571. The first kappa shape index (κ1) is 12.1. The van der Waals surface area contributed by atoms with Crippen LogP contribution in [0.5, 0.6) is 0 Å². The van der Waals surface area contributed by atoms with Crippen LogP contribution >= 0.6 is 15.9 Å². The van der Waals surface area contributed by atoms with E-state index in [0.29, 0.717) is 6.10 Å². The molecule has 88 valence electrons. The number of rotatable bonds is 4. The summed E-state index contributed by atoms with van der Waals surface area (Å²) >= 11 is 3.57. The summed E-state index contributed by atoms with van der Waals surface area (Å²) in [6.45, 7) is 0.768. The molecule has 0 heterocycles. The van der Waals surface area contributed by atoms with Gasteiger partial charge in [-0.05, 0) is 37.2 Å². The van der Waals surface area contributed by atoms with Gasteiger partial charge in [-0.2, -0.15) is 0 Å². The van der Waals surface area contributed by atoms with E-state index >= 15 is 0 Å². The molecule has 2 rings (SSSR count). The molecular formula is C14H19BrO. The summed E-state index contributed by atoms with van der Waals surface area (Å²) in [6.07, 6.45) is 5.55. The zero-order valence-electron chi connectivity index (χ0n) is 9.57. The molecule has 0 N–H and O–H groups in total. The second-order valence-corrected chi connectivity index (χ2v) is 5.24. The highest BCUT2D eigenvalue weighted by molar-refractivity contribution is 9.09. The molecule has 1 saturated carbocycles. The summed E-state index contributed by atoms with van der Waals surface area (Å²) in [6, 6.07) is 10.4. The Bertz CT molecular complexity index is 291. The SMILES string of the molecule is BrC[C@H]1CC[C@@H](OCc2ccccc2)CC1. The van der Waals surface area contributed by atoms with Gasteiger partial charge in [0, 0.05) is 5.33 Å². The Hall–Kier alpha value is -0.340. The minimum absolute atomic E-state index is 0.482. The molecule has 0 spiro atoms. The van der Waals surface area contributed by atoms with Crippen molar-refractivity contribution in [3.05, 3.63) is 35.9 Å². The quantitative estimate of drug-likeness (QED) is 0.754. The van der Waals surface area contributed by atoms with Gasteiger partial charge in [0.25, 0.3) is 0 Å². The molecule has 1 aromatic carbocycles. The van der Waals surface area contributed by atoms with E-state index in [2.05, 4.69) is 40.2 Å². The standard InChI is InChI=1S/C14H19BrO/c15-10-12-6-8-14(9-7-12)16-11-13-4-2-1-3-5-13/h1-5,12,14H,6-11H2/t12-,14+. The zero-order chi connectivity index (χ0) is 11.2. The van der Waals surface area contributed by atoms with E-state index in [-0.39, 0.29) is 0 Å². The number of hydrogen-bond donors (Lipinski definition) is 0. The lowest BCUT2D eigenvalue weighted by molar-refractivity contribution is 0.00927. The molecule has 0 atom stereocenters. The highest BCUT2D eigenvalue weighted by atomic mass is 79.9. The fourth-order valence-electron chi connectivity index (χ4n) is 2.24. The summed E-state index contributed by atoms with van der Waals surface area (Å²) in [7, 11) is 0. The van der Waals surface area contributed by atoms with Crippen LogP contribution in [0, 0.1) is 5.92 Å². The van der Waals surface area contributed by atoms with E-state index in [0.717, 1.165) is 17.9 Å². The first-order chi connectivity index (χ1) is 7.88. The molecule has 2 heteroatoms. The van der Waals surface area contributed by atoms with E-state index in [1.807, 2.05) is 6.07 Å². The van der Waals surface area contributed by atoms with E-state index in [1.165, 1.54) is 31.2 Å². The molecule has 1 aliphatic rings. The van der Waals surface area contributed by atoms with Crippen LogP contribution in [0.25, 0.3) is 0 Å². The second kappa shape index (κ2) is 6.41. The van der Waals surface area contributed by atoms with Gasteiger partial charge < -0.3 is 4.74 Å². The lowest BCUT2D eigenvalue weighted by Crippen LogP contribution is -2.22. The molecule has 0 amide bonds. The third-order valence-electron chi connectivity index (χ3n) is 3.34. The molecule has 1 aromatic rings.